The first-order valence-corrected chi connectivity index (χ1v) is 7.79. The van der Waals surface area contributed by atoms with Gasteiger partial charge in [-0.25, -0.2) is 0 Å². The van der Waals surface area contributed by atoms with Gasteiger partial charge < -0.3 is 0 Å². The van der Waals surface area contributed by atoms with Crippen LogP contribution in [0.5, 0.6) is 0 Å². The maximum atomic E-state index is 12.7. The normalized spacial score (nSPS) is 15.2. The van der Waals surface area contributed by atoms with E-state index in [4.69, 9.17) is 5.26 Å². The minimum Gasteiger partial charge on any atom is -0.294 e. The summed E-state index contributed by atoms with van der Waals surface area (Å²) in [5.74, 6) is -0.423. The van der Waals surface area contributed by atoms with Crippen LogP contribution in [0, 0.1) is 11.3 Å². The lowest BCUT2D eigenvalue weighted by atomic mass is 10.1. The lowest BCUT2D eigenvalue weighted by molar-refractivity contribution is 0.0763. The quantitative estimate of drug-likeness (QED) is 0.641. The molecular formula is C18H12N2O2S. The Bertz CT molecular complexity index is 838. The molecule has 1 amide bonds. The van der Waals surface area contributed by atoms with Crippen LogP contribution in [-0.4, -0.2) is 23.1 Å². The van der Waals surface area contributed by atoms with Crippen molar-refractivity contribution in [2.75, 3.05) is 6.54 Å². The summed E-state index contributed by atoms with van der Waals surface area (Å²) in [5.41, 5.74) is 1.09. The molecule has 2 aromatic rings. The van der Waals surface area contributed by atoms with Crippen molar-refractivity contribution in [1.82, 2.24) is 4.90 Å². The third-order valence-electron chi connectivity index (χ3n) is 3.43. The molecule has 0 aliphatic carbocycles. The number of carbonyl (C=O) groups excluding carboxylic acids is 2. The van der Waals surface area contributed by atoms with E-state index >= 15 is 0 Å². The van der Waals surface area contributed by atoms with E-state index in [-0.39, 0.29) is 18.2 Å². The van der Waals surface area contributed by atoms with Gasteiger partial charge in [-0.2, -0.15) is 5.26 Å². The molecule has 0 fully saturated rings. The van der Waals surface area contributed by atoms with E-state index in [9.17, 15) is 9.59 Å². The van der Waals surface area contributed by atoms with E-state index in [2.05, 4.69) is 0 Å². The molecule has 4 nitrogen and oxygen atoms in total. The summed E-state index contributed by atoms with van der Waals surface area (Å²) in [5, 5.41) is 9.43. The number of hydrogen-bond acceptors (Lipinski definition) is 4. The first-order chi connectivity index (χ1) is 11.2. The molecule has 23 heavy (non-hydrogen) atoms. The Morgan fingerprint density at radius 1 is 1.13 bits per heavy atom. The molecule has 112 valence electrons. The molecule has 0 N–H and O–H groups in total. The van der Waals surface area contributed by atoms with Gasteiger partial charge in [0, 0.05) is 16.5 Å². The molecule has 0 radical (unpaired) electrons. The van der Waals surface area contributed by atoms with E-state index in [1.54, 1.807) is 36.4 Å². The Morgan fingerprint density at radius 2 is 1.83 bits per heavy atom. The van der Waals surface area contributed by atoms with Crippen LogP contribution in [0.4, 0.5) is 0 Å². The summed E-state index contributed by atoms with van der Waals surface area (Å²) in [6.45, 7) is -0.0856. The molecule has 1 aliphatic heterocycles. The summed E-state index contributed by atoms with van der Waals surface area (Å²) in [6, 6.07) is 17.9. The largest absolute Gasteiger partial charge is 0.294 e. The van der Waals surface area contributed by atoms with E-state index in [1.807, 2.05) is 24.3 Å². The van der Waals surface area contributed by atoms with Gasteiger partial charge in [0.2, 0.25) is 0 Å². The van der Waals surface area contributed by atoms with E-state index in [1.165, 1.54) is 22.7 Å². The molecule has 0 bridgehead atoms. The Hall–Kier alpha value is -2.84. The standard InChI is InChI=1S/C18H12N2O2S/c19-11-10-17-20(12-15(21)13-6-2-1-3-7-13)18(22)14-8-4-5-9-16(14)23-17/h1-10H,12H2/b17-10-. The van der Waals surface area contributed by atoms with E-state index in [0.29, 0.717) is 16.2 Å². The van der Waals surface area contributed by atoms with E-state index in [0.717, 1.165) is 4.90 Å². The van der Waals surface area contributed by atoms with Crippen molar-refractivity contribution in [1.29, 1.82) is 5.26 Å². The van der Waals surface area contributed by atoms with Gasteiger partial charge in [0.25, 0.3) is 5.91 Å². The Balaban J connectivity index is 1.93. The van der Waals surface area contributed by atoms with Crippen molar-refractivity contribution >= 4 is 23.5 Å². The van der Waals surface area contributed by atoms with Crippen LogP contribution < -0.4 is 0 Å². The van der Waals surface area contributed by atoms with Gasteiger partial charge in [-0.15, -0.1) is 0 Å². The summed E-state index contributed by atoms with van der Waals surface area (Å²) < 4.78 is 0. The third-order valence-corrected chi connectivity index (χ3v) is 4.55. The summed E-state index contributed by atoms with van der Waals surface area (Å²) in [7, 11) is 0. The fourth-order valence-electron chi connectivity index (χ4n) is 2.32. The molecule has 1 heterocycles. The lowest BCUT2D eigenvalue weighted by Gasteiger charge is -2.29. The van der Waals surface area contributed by atoms with Gasteiger partial charge in [0.15, 0.2) is 5.78 Å². The molecule has 0 aromatic heterocycles. The fraction of sp³-hybridized carbons (Fsp3) is 0.0556. The molecule has 2 aromatic carbocycles. The van der Waals surface area contributed by atoms with Gasteiger partial charge in [-0.05, 0) is 12.1 Å². The zero-order chi connectivity index (χ0) is 16.2. The van der Waals surface area contributed by atoms with Crippen LogP contribution in [-0.2, 0) is 0 Å². The summed E-state index contributed by atoms with van der Waals surface area (Å²) >= 11 is 1.32. The van der Waals surface area contributed by atoms with Gasteiger partial charge in [-0.3, -0.25) is 14.5 Å². The monoisotopic (exact) mass is 320 g/mol. The number of benzene rings is 2. The number of nitrogens with zero attached hydrogens (tertiary/aromatic N) is 2. The first kappa shape index (κ1) is 15.1. The molecular weight excluding hydrogens is 308 g/mol. The Kier molecular flexibility index (Phi) is 4.26. The highest BCUT2D eigenvalue weighted by atomic mass is 32.2. The minimum absolute atomic E-state index is 0.0856. The van der Waals surface area contributed by atoms with Crippen LogP contribution in [0.3, 0.4) is 0 Å². The molecule has 0 saturated carbocycles. The van der Waals surface area contributed by atoms with Crippen LogP contribution >= 0.6 is 11.8 Å². The number of nitriles is 1. The average molecular weight is 320 g/mol. The zero-order valence-electron chi connectivity index (χ0n) is 12.1. The zero-order valence-corrected chi connectivity index (χ0v) is 12.9. The van der Waals surface area contributed by atoms with Crippen LogP contribution in [0.15, 0.2) is 70.6 Å². The predicted molar refractivity (Wildman–Crippen MR) is 87.8 cm³/mol. The number of carbonyl (C=O) groups is 2. The number of Topliss-reactive ketones (excluding diaryl/α,β-unsaturated/α-hetero) is 1. The van der Waals surface area contributed by atoms with Crippen molar-refractivity contribution in [2.45, 2.75) is 4.90 Å². The number of thioether (sulfide) groups is 1. The number of fused-ring (bicyclic) bond motifs is 1. The van der Waals surface area contributed by atoms with E-state index < -0.39 is 0 Å². The maximum absolute atomic E-state index is 12.7. The number of ketones is 1. The van der Waals surface area contributed by atoms with Gasteiger partial charge in [0.1, 0.15) is 0 Å². The molecule has 1 aliphatic rings. The van der Waals surface area contributed by atoms with Crippen LogP contribution in [0.25, 0.3) is 0 Å². The summed E-state index contributed by atoms with van der Waals surface area (Å²) in [6.07, 6.45) is 1.30. The van der Waals surface area contributed by atoms with Crippen molar-refractivity contribution in [2.24, 2.45) is 0 Å². The van der Waals surface area contributed by atoms with Crippen molar-refractivity contribution in [3.8, 4) is 6.07 Å². The highest BCUT2D eigenvalue weighted by molar-refractivity contribution is 8.03. The smallest absolute Gasteiger partial charge is 0.260 e. The third kappa shape index (κ3) is 3.03. The second-order valence-corrected chi connectivity index (χ2v) is 5.95. The van der Waals surface area contributed by atoms with Crippen molar-refractivity contribution in [3.63, 3.8) is 0 Å². The average Bonchev–Trinajstić information content (AvgIpc) is 2.59. The predicted octanol–water partition coefficient (Wildman–Crippen LogP) is 3.48. The molecule has 3 rings (SSSR count). The van der Waals surface area contributed by atoms with Gasteiger partial charge in [0.05, 0.1) is 23.2 Å². The highest BCUT2D eigenvalue weighted by Gasteiger charge is 2.30. The second-order valence-electron chi connectivity index (χ2n) is 4.89. The second kappa shape index (κ2) is 6.51. The Morgan fingerprint density at radius 3 is 2.57 bits per heavy atom. The van der Waals surface area contributed by atoms with Gasteiger partial charge >= 0.3 is 0 Å². The number of rotatable bonds is 3. The molecule has 0 saturated heterocycles. The highest BCUT2D eigenvalue weighted by Crippen LogP contribution is 2.38. The number of amides is 1. The molecule has 0 atom stereocenters. The SMILES string of the molecule is N#C/C=C1\Sc2ccccc2C(=O)N1CC(=O)c1ccccc1. The minimum atomic E-state index is -0.259. The molecule has 5 heteroatoms. The number of hydrogen-bond donors (Lipinski definition) is 0. The van der Waals surface area contributed by atoms with Crippen molar-refractivity contribution in [3.05, 3.63) is 76.8 Å². The molecule has 0 unspecified atom stereocenters. The van der Waals surface area contributed by atoms with Gasteiger partial charge in [-0.1, -0.05) is 54.2 Å². The number of allylic oxidation sites excluding steroid dienone is 1. The fourth-order valence-corrected chi connectivity index (χ4v) is 3.32. The summed E-state index contributed by atoms with van der Waals surface area (Å²) in [4.78, 5) is 27.2. The molecule has 0 spiro atoms. The van der Waals surface area contributed by atoms with Crippen molar-refractivity contribution < 1.29 is 9.59 Å². The lowest BCUT2D eigenvalue weighted by Crippen LogP contribution is -2.36. The topological polar surface area (TPSA) is 61.2 Å². The van der Waals surface area contributed by atoms with Crippen LogP contribution in [0.1, 0.15) is 20.7 Å². The first-order valence-electron chi connectivity index (χ1n) is 6.97. The van der Waals surface area contributed by atoms with Crippen LogP contribution in [0.2, 0.25) is 0 Å². The Labute approximate surface area is 138 Å². The maximum Gasteiger partial charge on any atom is 0.260 e.